The Labute approximate surface area is 169 Å². The first-order chi connectivity index (χ1) is 13.7. The van der Waals surface area contributed by atoms with Crippen LogP contribution in [0.3, 0.4) is 0 Å². The van der Waals surface area contributed by atoms with Gasteiger partial charge in [0, 0.05) is 19.7 Å². The van der Waals surface area contributed by atoms with Crippen molar-refractivity contribution in [2.24, 2.45) is 0 Å². The number of halogens is 1. The van der Waals surface area contributed by atoms with E-state index in [2.05, 4.69) is 0 Å². The van der Waals surface area contributed by atoms with Crippen molar-refractivity contribution >= 4 is 21.4 Å². The Balaban J connectivity index is 1.90. The lowest BCUT2D eigenvalue weighted by Crippen LogP contribution is -3.12. The van der Waals surface area contributed by atoms with Gasteiger partial charge in [-0.3, -0.25) is 10.1 Å². The molecule has 8 nitrogen and oxygen atoms in total. The number of piperazine rings is 1. The third-order valence-corrected chi connectivity index (χ3v) is 6.97. The summed E-state index contributed by atoms with van der Waals surface area (Å²) in [5.74, 6) is -0.388. The molecule has 0 bridgehead atoms. The lowest BCUT2D eigenvalue weighted by molar-refractivity contribution is -0.883. The van der Waals surface area contributed by atoms with Gasteiger partial charge in [0.05, 0.1) is 43.0 Å². The summed E-state index contributed by atoms with van der Waals surface area (Å²) in [5, 5.41) is 11.6. The molecule has 0 aliphatic carbocycles. The molecule has 0 spiro atoms. The summed E-state index contributed by atoms with van der Waals surface area (Å²) in [6.45, 7) is 2.38. The average molecular weight is 423 g/mol. The Kier molecular flexibility index (Phi) is 6.15. The van der Waals surface area contributed by atoms with Crippen LogP contribution in [0.1, 0.15) is 5.56 Å². The van der Waals surface area contributed by atoms with E-state index in [1.807, 2.05) is 7.05 Å². The van der Waals surface area contributed by atoms with Crippen LogP contribution in [0.15, 0.2) is 47.4 Å². The van der Waals surface area contributed by atoms with Crippen molar-refractivity contribution in [3.8, 4) is 0 Å². The highest BCUT2D eigenvalue weighted by molar-refractivity contribution is 7.89. The zero-order valence-electron chi connectivity index (χ0n) is 16.3. The SMILES string of the molecule is CN(Cc1cccc(F)c1)c1ccc(S(=O)(=O)N2CC[NH+](C)CC2)cc1[N+](=O)[O-]. The molecule has 0 atom stereocenters. The molecule has 0 unspecified atom stereocenters. The quantitative estimate of drug-likeness (QED) is 0.551. The van der Waals surface area contributed by atoms with Crippen molar-refractivity contribution in [2.75, 3.05) is 45.2 Å². The van der Waals surface area contributed by atoms with Crippen LogP contribution >= 0.6 is 0 Å². The monoisotopic (exact) mass is 423 g/mol. The molecule has 3 rings (SSSR count). The van der Waals surface area contributed by atoms with Crippen molar-refractivity contribution in [2.45, 2.75) is 11.4 Å². The Bertz CT molecular complexity index is 1010. The van der Waals surface area contributed by atoms with Gasteiger partial charge in [0.15, 0.2) is 0 Å². The Morgan fingerprint density at radius 1 is 1.21 bits per heavy atom. The molecule has 2 aromatic carbocycles. The lowest BCUT2D eigenvalue weighted by atomic mass is 10.2. The summed E-state index contributed by atoms with van der Waals surface area (Å²) in [4.78, 5) is 13.8. The predicted molar refractivity (Wildman–Crippen MR) is 107 cm³/mol. The number of hydrogen-bond acceptors (Lipinski definition) is 5. The van der Waals surface area contributed by atoms with E-state index < -0.39 is 14.9 Å². The van der Waals surface area contributed by atoms with Gasteiger partial charge in [-0.1, -0.05) is 12.1 Å². The maximum absolute atomic E-state index is 13.4. The minimum absolute atomic E-state index is 0.0911. The van der Waals surface area contributed by atoms with E-state index in [4.69, 9.17) is 0 Å². The average Bonchev–Trinajstić information content (AvgIpc) is 2.67. The van der Waals surface area contributed by atoms with Gasteiger partial charge in [-0.05, 0) is 29.8 Å². The van der Waals surface area contributed by atoms with E-state index in [-0.39, 0.29) is 28.6 Å². The van der Waals surface area contributed by atoms with Gasteiger partial charge in [-0.2, -0.15) is 4.31 Å². The van der Waals surface area contributed by atoms with Gasteiger partial charge in [-0.25, -0.2) is 12.8 Å². The standard InChI is InChI=1S/C19H23FN4O4S/c1-21-8-10-23(11-9-21)29(27,28)17-6-7-18(19(13-17)24(25)26)22(2)14-15-4-3-5-16(20)12-15/h3-7,12-13H,8-11,14H2,1-2H3/p+1. The molecular weight excluding hydrogens is 399 g/mol. The number of nitrogens with one attached hydrogen (secondary N) is 1. The summed E-state index contributed by atoms with van der Waals surface area (Å²) in [6.07, 6.45) is 0. The molecule has 0 aromatic heterocycles. The smallest absolute Gasteiger partial charge is 0.293 e. The second kappa shape index (κ2) is 8.44. The second-order valence-electron chi connectivity index (χ2n) is 7.25. The number of hydrogen-bond donors (Lipinski definition) is 1. The second-order valence-corrected chi connectivity index (χ2v) is 9.19. The fraction of sp³-hybridized carbons (Fsp3) is 0.368. The van der Waals surface area contributed by atoms with Crippen molar-refractivity contribution in [3.05, 3.63) is 64.0 Å². The maximum atomic E-state index is 13.4. The van der Waals surface area contributed by atoms with Crippen LogP contribution in [0.4, 0.5) is 15.8 Å². The predicted octanol–water partition coefficient (Wildman–Crippen LogP) is 0.889. The first kappa shape index (κ1) is 21.2. The topological polar surface area (TPSA) is 88.2 Å². The minimum atomic E-state index is -3.80. The molecule has 0 amide bonds. The van der Waals surface area contributed by atoms with E-state index in [0.717, 1.165) is 6.07 Å². The normalized spacial score (nSPS) is 16.0. The highest BCUT2D eigenvalue weighted by atomic mass is 32.2. The first-order valence-electron chi connectivity index (χ1n) is 9.24. The molecule has 29 heavy (non-hydrogen) atoms. The third kappa shape index (κ3) is 4.72. The fourth-order valence-electron chi connectivity index (χ4n) is 3.38. The zero-order valence-corrected chi connectivity index (χ0v) is 17.2. The van der Waals surface area contributed by atoms with Gasteiger partial charge in [0.1, 0.15) is 11.5 Å². The Morgan fingerprint density at radius 2 is 1.90 bits per heavy atom. The molecule has 0 radical (unpaired) electrons. The maximum Gasteiger partial charge on any atom is 0.293 e. The molecular formula is C19H24FN4O4S+. The number of sulfonamides is 1. The van der Waals surface area contributed by atoms with E-state index in [9.17, 15) is 22.9 Å². The van der Waals surface area contributed by atoms with E-state index in [0.29, 0.717) is 31.7 Å². The van der Waals surface area contributed by atoms with Gasteiger partial charge in [0.2, 0.25) is 10.0 Å². The lowest BCUT2D eigenvalue weighted by Gasteiger charge is -2.29. The van der Waals surface area contributed by atoms with Gasteiger partial charge in [0.25, 0.3) is 5.69 Å². The summed E-state index contributed by atoms with van der Waals surface area (Å²) in [5.41, 5.74) is 0.615. The highest BCUT2D eigenvalue weighted by Crippen LogP contribution is 2.32. The summed E-state index contributed by atoms with van der Waals surface area (Å²) < 4.78 is 40.6. The number of rotatable bonds is 6. The van der Waals surface area contributed by atoms with Crippen LogP contribution < -0.4 is 9.80 Å². The third-order valence-electron chi connectivity index (χ3n) is 5.08. The number of nitro benzene ring substituents is 1. The van der Waals surface area contributed by atoms with Gasteiger partial charge >= 0.3 is 0 Å². The molecule has 1 saturated heterocycles. The van der Waals surface area contributed by atoms with Crippen LogP contribution in [0, 0.1) is 15.9 Å². The summed E-state index contributed by atoms with van der Waals surface area (Å²) in [7, 11) is -0.159. The number of anilines is 1. The molecule has 2 aromatic rings. The van der Waals surface area contributed by atoms with Crippen molar-refractivity contribution in [3.63, 3.8) is 0 Å². The van der Waals surface area contributed by atoms with Gasteiger partial charge < -0.3 is 9.80 Å². The number of nitro groups is 1. The minimum Gasteiger partial charge on any atom is -0.365 e. The van der Waals surface area contributed by atoms with E-state index in [1.165, 1.54) is 33.5 Å². The van der Waals surface area contributed by atoms with Crippen LogP contribution in [0.5, 0.6) is 0 Å². The molecule has 10 heteroatoms. The number of nitrogens with zero attached hydrogens (tertiary/aromatic N) is 3. The largest absolute Gasteiger partial charge is 0.365 e. The number of benzene rings is 2. The number of likely N-dealkylation sites (N-methyl/N-ethyl adjacent to an activating group) is 1. The van der Waals surface area contributed by atoms with Crippen molar-refractivity contribution < 1.29 is 22.6 Å². The molecule has 0 saturated carbocycles. The molecule has 1 heterocycles. The van der Waals surface area contributed by atoms with Crippen LogP contribution in [0.2, 0.25) is 0 Å². The highest BCUT2D eigenvalue weighted by Gasteiger charge is 2.31. The molecule has 1 aliphatic heterocycles. The summed E-state index contributed by atoms with van der Waals surface area (Å²) >= 11 is 0. The molecule has 1 aliphatic rings. The first-order valence-corrected chi connectivity index (χ1v) is 10.7. The van der Waals surface area contributed by atoms with E-state index >= 15 is 0 Å². The Hall–Kier alpha value is -2.56. The number of quaternary nitrogens is 1. The van der Waals surface area contributed by atoms with Gasteiger partial charge in [-0.15, -0.1) is 0 Å². The molecule has 156 valence electrons. The van der Waals surface area contributed by atoms with Crippen molar-refractivity contribution in [1.82, 2.24) is 4.31 Å². The molecule has 1 fully saturated rings. The van der Waals surface area contributed by atoms with Crippen molar-refractivity contribution in [1.29, 1.82) is 0 Å². The Morgan fingerprint density at radius 3 is 2.52 bits per heavy atom. The van der Waals surface area contributed by atoms with E-state index in [1.54, 1.807) is 24.1 Å². The van der Waals surface area contributed by atoms with Crippen LogP contribution in [0.25, 0.3) is 0 Å². The summed E-state index contributed by atoms with van der Waals surface area (Å²) in [6, 6.07) is 9.91. The molecule has 1 N–H and O–H groups in total. The zero-order chi connectivity index (χ0) is 21.2. The van der Waals surface area contributed by atoms with Crippen LogP contribution in [-0.2, 0) is 16.6 Å². The fourth-order valence-corrected chi connectivity index (χ4v) is 4.85. The van der Waals surface area contributed by atoms with Crippen LogP contribution in [-0.4, -0.2) is 57.9 Å².